The van der Waals surface area contributed by atoms with E-state index in [1.807, 2.05) is 0 Å². The minimum atomic E-state index is 0.574. The number of nitrogens with zero attached hydrogens (tertiary/aromatic N) is 3. The molecule has 0 radical (unpaired) electrons. The molecule has 16 heavy (non-hydrogen) atoms. The predicted molar refractivity (Wildman–Crippen MR) is 68.6 cm³/mol. The first kappa shape index (κ1) is 11.4. The molecule has 1 aromatic rings. The smallest absolute Gasteiger partial charge is 0.300 e. The van der Waals surface area contributed by atoms with Gasteiger partial charge in [-0.25, -0.2) is 4.57 Å². The van der Waals surface area contributed by atoms with Gasteiger partial charge in [0.25, 0.3) is 5.82 Å². The SMILES string of the molecule is Bn1cc[n+](C)c1/C(CC)=N/C1CCCC1. The molecular weight excluding hydrogens is 197 g/mol. The van der Waals surface area contributed by atoms with E-state index in [4.69, 9.17) is 4.99 Å². The van der Waals surface area contributed by atoms with Crippen LogP contribution in [0.3, 0.4) is 0 Å². The van der Waals surface area contributed by atoms with Crippen LogP contribution in [0.1, 0.15) is 44.9 Å². The first-order chi connectivity index (χ1) is 7.72. The van der Waals surface area contributed by atoms with Crippen LogP contribution in [0, 0.1) is 0 Å². The zero-order chi connectivity index (χ0) is 11.5. The highest BCUT2D eigenvalue weighted by atomic mass is 15.1. The molecule has 1 heterocycles. The van der Waals surface area contributed by atoms with Gasteiger partial charge in [-0.3, -0.25) is 9.47 Å². The predicted octanol–water partition coefficient (Wildman–Crippen LogP) is 0.850. The molecule has 1 aliphatic carbocycles. The van der Waals surface area contributed by atoms with Crippen molar-refractivity contribution in [3.05, 3.63) is 18.2 Å². The Morgan fingerprint density at radius 2 is 2.25 bits per heavy atom. The van der Waals surface area contributed by atoms with Crippen molar-refractivity contribution in [1.82, 2.24) is 4.48 Å². The molecule has 0 aromatic carbocycles. The number of hydrogen-bond donors (Lipinski definition) is 0. The number of aromatic nitrogens is 2. The second-order valence-electron chi connectivity index (χ2n) is 4.71. The third-order valence-electron chi connectivity index (χ3n) is 3.44. The van der Waals surface area contributed by atoms with Gasteiger partial charge in [-0.2, -0.15) is 0 Å². The molecule has 4 heteroatoms. The maximum atomic E-state index is 4.93. The van der Waals surface area contributed by atoms with E-state index < -0.39 is 0 Å². The van der Waals surface area contributed by atoms with Gasteiger partial charge < -0.3 is 0 Å². The molecule has 0 spiro atoms. The van der Waals surface area contributed by atoms with Crippen LogP contribution in [0.5, 0.6) is 0 Å². The molecule has 2 rings (SSSR count). The van der Waals surface area contributed by atoms with Gasteiger partial charge in [-0.1, -0.05) is 19.8 Å². The molecule has 0 unspecified atom stereocenters. The molecule has 0 N–H and O–H groups in total. The first-order valence-corrected chi connectivity index (χ1v) is 6.30. The van der Waals surface area contributed by atoms with Crippen LogP contribution in [0.2, 0.25) is 0 Å². The summed E-state index contributed by atoms with van der Waals surface area (Å²) >= 11 is 0. The van der Waals surface area contributed by atoms with E-state index in [2.05, 4.69) is 43.4 Å². The topological polar surface area (TPSA) is 21.2 Å². The molecule has 0 saturated heterocycles. The summed E-state index contributed by atoms with van der Waals surface area (Å²) in [6.45, 7) is 2.20. The molecule has 0 aliphatic heterocycles. The molecule has 1 fully saturated rings. The van der Waals surface area contributed by atoms with Crippen molar-refractivity contribution in [2.45, 2.75) is 45.1 Å². The lowest BCUT2D eigenvalue weighted by Crippen LogP contribution is -2.35. The monoisotopic (exact) mass is 218 g/mol. The molecule has 3 nitrogen and oxygen atoms in total. The Morgan fingerprint density at radius 3 is 2.75 bits per heavy atom. The Bertz CT molecular complexity index is 369. The summed E-state index contributed by atoms with van der Waals surface area (Å²) in [4.78, 5) is 4.93. The lowest BCUT2D eigenvalue weighted by Gasteiger charge is -2.06. The van der Waals surface area contributed by atoms with Crippen LogP contribution < -0.4 is 4.57 Å². The first-order valence-electron chi connectivity index (χ1n) is 6.30. The Morgan fingerprint density at radius 1 is 1.56 bits per heavy atom. The van der Waals surface area contributed by atoms with E-state index in [0.717, 1.165) is 6.42 Å². The number of hydrogen-bond acceptors (Lipinski definition) is 1. The molecular formula is C12H21BN3+. The van der Waals surface area contributed by atoms with Gasteiger partial charge in [0.1, 0.15) is 18.1 Å². The van der Waals surface area contributed by atoms with E-state index in [1.54, 1.807) is 0 Å². The standard InChI is InChI=1S/C12H21BN3/c1-3-11(14-10-6-4-5-7-10)12-15(2)8-9-16(12)13/h8-10H,3-7,13H2,1-2H3/q+1/b14-11+. The van der Waals surface area contributed by atoms with Crippen LogP contribution in [-0.4, -0.2) is 24.2 Å². The van der Waals surface area contributed by atoms with Gasteiger partial charge in [-0.05, 0) is 19.3 Å². The Labute approximate surface area is 98.6 Å². The Hall–Kier alpha value is -1.06. The average Bonchev–Trinajstić information content (AvgIpc) is 2.87. The average molecular weight is 218 g/mol. The number of aliphatic imine (C=N–C) groups is 1. The fraction of sp³-hybridized carbons (Fsp3) is 0.667. The van der Waals surface area contributed by atoms with Crippen molar-refractivity contribution < 1.29 is 4.57 Å². The fourth-order valence-corrected chi connectivity index (χ4v) is 2.56. The highest BCUT2D eigenvalue weighted by Crippen LogP contribution is 2.21. The minimum Gasteiger partial charge on any atom is -0.300 e. The molecule has 86 valence electrons. The van der Waals surface area contributed by atoms with Gasteiger partial charge in [-0.15, -0.1) is 0 Å². The van der Waals surface area contributed by atoms with Crippen molar-refractivity contribution >= 4 is 13.7 Å². The molecule has 1 aromatic heterocycles. The lowest BCUT2D eigenvalue weighted by atomic mass is 10.2. The van der Waals surface area contributed by atoms with Gasteiger partial charge in [0, 0.05) is 0 Å². The third-order valence-corrected chi connectivity index (χ3v) is 3.44. The van der Waals surface area contributed by atoms with Crippen LogP contribution in [-0.2, 0) is 7.05 Å². The number of rotatable bonds is 3. The van der Waals surface area contributed by atoms with Gasteiger partial charge in [0.15, 0.2) is 0 Å². The zero-order valence-corrected chi connectivity index (χ0v) is 10.6. The Balaban J connectivity index is 2.28. The third kappa shape index (κ3) is 2.20. The van der Waals surface area contributed by atoms with Crippen LogP contribution in [0.25, 0.3) is 0 Å². The lowest BCUT2D eigenvalue weighted by molar-refractivity contribution is -0.671. The van der Waals surface area contributed by atoms with Crippen molar-refractivity contribution in [2.75, 3.05) is 0 Å². The molecule has 0 atom stereocenters. The zero-order valence-electron chi connectivity index (χ0n) is 10.6. The van der Waals surface area contributed by atoms with Crippen molar-refractivity contribution in [2.24, 2.45) is 12.0 Å². The van der Waals surface area contributed by atoms with Crippen molar-refractivity contribution in [3.8, 4) is 0 Å². The minimum absolute atomic E-state index is 0.574. The molecule has 0 bridgehead atoms. The van der Waals surface area contributed by atoms with Crippen LogP contribution in [0.15, 0.2) is 17.4 Å². The van der Waals surface area contributed by atoms with Crippen LogP contribution in [0.4, 0.5) is 0 Å². The highest BCUT2D eigenvalue weighted by Gasteiger charge is 2.20. The van der Waals surface area contributed by atoms with Crippen LogP contribution >= 0.6 is 0 Å². The summed E-state index contributed by atoms with van der Waals surface area (Å²) in [6, 6.07) is 0.574. The summed E-state index contributed by atoms with van der Waals surface area (Å²) in [5.41, 5.74) is 1.25. The van der Waals surface area contributed by atoms with Gasteiger partial charge >= 0.3 is 7.98 Å². The maximum absolute atomic E-state index is 4.93. The van der Waals surface area contributed by atoms with Gasteiger partial charge in [0.2, 0.25) is 0 Å². The van der Waals surface area contributed by atoms with E-state index in [1.165, 1.54) is 37.2 Å². The number of aryl methyl sites for hydroxylation is 1. The summed E-state index contributed by atoms with van der Waals surface area (Å²) < 4.78 is 4.33. The van der Waals surface area contributed by atoms with E-state index in [-0.39, 0.29) is 0 Å². The second kappa shape index (κ2) is 4.85. The summed E-state index contributed by atoms with van der Waals surface area (Å²) in [6.07, 6.45) is 10.5. The van der Waals surface area contributed by atoms with Crippen molar-refractivity contribution in [1.29, 1.82) is 0 Å². The molecule has 1 aliphatic rings. The number of imidazole rings is 1. The van der Waals surface area contributed by atoms with E-state index in [9.17, 15) is 0 Å². The normalized spacial score (nSPS) is 18.2. The second-order valence-corrected chi connectivity index (χ2v) is 4.71. The quantitative estimate of drug-likeness (QED) is 0.407. The highest BCUT2D eigenvalue weighted by molar-refractivity contribution is 6.10. The summed E-state index contributed by atoms with van der Waals surface area (Å²) in [7, 11) is 4.18. The summed E-state index contributed by atoms with van der Waals surface area (Å²) in [5, 5.41) is 0. The summed E-state index contributed by atoms with van der Waals surface area (Å²) in [5.74, 6) is 1.24. The molecule has 0 amide bonds. The van der Waals surface area contributed by atoms with Gasteiger partial charge in [0.05, 0.1) is 13.1 Å². The fourth-order valence-electron chi connectivity index (χ4n) is 2.56. The largest absolute Gasteiger partial charge is 0.343 e. The van der Waals surface area contributed by atoms with E-state index in [0.29, 0.717) is 6.04 Å². The Kier molecular flexibility index (Phi) is 3.47. The maximum Gasteiger partial charge on any atom is 0.343 e. The molecule has 1 saturated carbocycles. The van der Waals surface area contributed by atoms with E-state index >= 15 is 0 Å². The van der Waals surface area contributed by atoms with Crippen molar-refractivity contribution in [3.63, 3.8) is 0 Å².